The number of ether oxygens (including phenoxy) is 1. The van der Waals surface area contributed by atoms with Crippen molar-refractivity contribution in [3.05, 3.63) is 64.6 Å². The molecule has 168 valence electrons. The molecule has 0 spiro atoms. The summed E-state index contributed by atoms with van der Waals surface area (Å²) in [6, 6.07) is 8.57. The van der Waals surface area contributed by atoms with Crippen LogP contribution < -0.4 is 4.74 Å². The molecule has 0 aliphatic rings. The lowest BCUT2D eigenvalue weighted by Gasteiger charge is -2.14. The predicted octanol–water partition coefficient (Wildman–Crippen LogP) is 5.44. The molecular formula is C25H28F2N4O. The molecule has 0 aliphatic carbocycles. The minimum atomic E-state index is -0.970. The van der Waals surface area contributed by atoms with Gasteiger partial charge in [-0.1, -0.05) is 19.4 Å². The van der Waals surface area contributed by atoms with Gasteiger partial charge in [-0.15, -0.1) is 0 Å². The molecule has 2 heterocycles. The Balaban J connectivity index is 1.69. The van der Waals surface area contributed by atoms with Crippen molar-refractivity contribution in [1.82, 2.24) is 19.6 Å². The molecule has 5 nitrogen and oxygen atoms in total. The van der Waals surface area contributed by atoms with Gasteiger partial charge in [0.2, 0.25) is 5.82 Å². The summed E-state index contributed by atoms with van der Waals surface area (Å²) in [5.41, 5.74) is 6.31. The molecule has 0 amide bonds. The van der Waals surface area contributed by atoms with Crippen LogP contribution in [0.15, 0.2) is 30.3 Å². The quantitative estimate of drug-likeness (QED) is 0.386. The van der Waals surface area contributed by atoms with Crippen LogP contribution in [0.2, 0.25) is 0 Å². The van der Waals surface area contributed by atoms with Crippen LogP contribution in [-0.2, 0) is 26.9 Å². The van der Waals surface area contributed by atoms with Crippen molar-refractivity contribution in [1.29, 1.82) is 0 Å². The second-order valence-electron chi connectivity index (χ2n) is 8.16. The monoisotopic (exact) mass is 438 g/mol. The van der Waals surface area contributed by atoms with Crippen LogP contribution in [0.3, 0.4) is 0 Å². The molecule has 2 aromatic carbocycles. The zero-order valence-electron chi connectivity index (χ0n) is 19.2. The van der Waals surface area contributed by atoms with Crippen LogP contribution in [0.4, 0.5) is 8.78 Å². The molecule has 0 unspecified atom stereocenters. The average Bonchev–Trinajstić information content (AvgIpc) is 3.20. The van der Waals surface area contributed by atoms with E-state index in [1.54, 1.807) is 6.07 Å². The van der Waals surface area contributed by atoms with E-state index in [2.05, 4.69) is 17.1 Å². The maximum absolute atomic E-state index is 14.8. The molecule has 0 fully saturated rings. The zero-order valence-corrected chi connectivity index (χ0v) is 19.2. The summed E-state index contributed by atoms with van der Waals surface area (Å²) in [7, 11) is 3.80. The number of hydrogen-bond donors (Lipinski definition) is 0. The number of fused-ring (bicyclic) bond motifs is 1. The van der Waals surface area contributed by atoms with Gasteiger partial charge in [-0.2, -0.15) is 14.6 Å². The van der Waals surface area contributed by atoms with E-state index in [0.717, 1.165) is 58.0 Å². The van der Waals surface area contributed by atoms with Crippen LogP contribution in [0.1, 0.15) is 36.0 Å². The number of aryl methyl sites for hydroxylation is 4. The fourth-order valence-corrected chi connectivity index (χ4v) is 4.26. The highest BCUT2D eigenvalue weighted by Crippen LogP contribution is 2.36. The van der Waals surface area contributed by atoms with E-state index in [1.165, 1.54) is 0 Å². The summed E-state index contributed by atoms with van der Waals surface area (Å²) >= 11 is 0. The first-order valence-corrected chi connectivity index (χ1v) is 10.9. The second kappa shape index (κ2) is 8.73. The number of aromatic nitrogens is 4. The zero-order chi connectivity index (χ0) is 23.0. The lowest BCUT2D eigenvalue weighted by atomic mass is 10.0. The standard InChI is InChI=1S/C25H28F2N4O/c1-6-7-22-20-14-17(8-11-23(20)31(5)29-22)19-9-10-21(26)24(27)25(19)32-13-12-18-15(2)28-30(4)16(18)3/h8-11,14H,6-7,12-13H2,1-5H3. The van der Waals surface area contributed by atoms with Crippen LogP contribution in [-0.4, -0.2) is 26.2 Å². The second-order valence-corrected chi connectivity index (χ2v) is 8.16. The van der Waals surface area contributed by atoms with Gasteiger partial charge in [0.05, 0.1) is 23.5 Å². The summed E-state index contributed by atoms with van der Waals surface area (Å²) < 4.78 is 38.4. The third kappa shape index (κ3) is 3.87. The molecule has 0 radical (unpaired) electrons. The predicted molar refractivity (Wildman–Crippen MR) is 122 cm³/mol. The van der Waals surface area contributed by atoms with E-state index in [0.29, 0.717) is 12.0 Å². The van der Waals surface area contributed by atoms with Crippen molar-refractivity contribution < 1.29 is 13.5 Å². The summed E-state index contributed by atoms with van der Waals surface area (Å²) in [6.45, 7) is 6.25. The van der Waals surface area contributed by atoms with Gasteiger partial charge in [-0.05, 0) is 55.7 Å². The average molecular weight is 439 g/mol. The summed E-state index contributed by atoms with van der Waals surface area (Å²) in [5, 5.41) is 10.0. The van der Waals surface area contributed by atoms with Gasteiger partial charge in [0.25, 0.3) is 0 Å². The maximum atomic E-state index is 14.8. The maximum Gasteiger partial charge on any atom is 0.201 e. The van der Waals surface area contributed by atoms with Crippen LogP contribution in [0.25, 0.3) is 22.0 Å². The Bertz CT molecular complexity index is 1290. The first-order chi connectivity index (χ1) is 15.3. The van der Waals surface area contributed by atoms with E-state index in [9.17, 15) is 8.78 Å². The fraction of sp³-hybridized carbons (Fsp3) is 0.360. The van der Waals surface area contributed by atoms with Crippen LogP contribution in [0.5, 0.6) is 5.75 Å². The molecule has 0 N–H and O–H groups in total. The molecule has 4 aromatic rings. The van der Waals surface area contributed by atoms with Gasteiger partial charge in [0, 0.05) is 37.2 Å². The Hall–Kier alpha value is -3.22. The fourth-order valence-electron chi connectivity index (χ4n) is 4.26. The van der Waals surface area contributed by atoms with E-state index in [4.69, 9.17) is 4.74 Å². The SMILES string of the molecule is CCCc1nn(C)c2ccc(-c3ccc(F)c(F)c3OCCc3c(C)nn(C)c3C)cc12. The number of rotatable bonds is 7. The van der Waals surface area contributed by atoms with Crippen molar-refractivity contribution in [3.63, 3.8) is 0 Å². The molecule has 0 aliphatic heterocycles. The molecule has 2 aromatic heterocycles. The lowest BCUT2D eigenvalue weighted by molar-refractivity contribution is 0.300. The molecule has 0 saturated carbocycles. The molecule has 32 heavy (non-hydrogen) atoms. The summed E-state index contributed by atoms with van der Waals surface area (Å²) in [5.74, 6) is -1.96. The largest absolute Gasteiger partial charge is 0.489 e. The third-order valence-electron chi connectivity index (χ3n) is 6.03. The highest BCUT2D eigenvalue weighted by atomic mass is 19.2. The van der Waals surface area contributed by atoms with E-state index in [1.807, 2.05) is 55.5 Å². The van der Waals surface area contributed by atoms with Gasteiger partial charge in [-0.25, -0.2) is 4.39 Å². The Morgan fingerprint density at radius 2 is 1.75 bits per heavy atom. The van der Waals surface area contributed by atoms with E-state index < -0.39 is 11.6 Å². The van der Waals surface area contributed by atoms with E-state index >= 15 is 0 Å². The minimum absolute atomic E-state index is 0.0653. The smallest absolute Gasteiger partial charge is 0.201 e. The van der Waals surface area contributed by atoms with Crippen molar-refractivity contribution in [2.24, 2.45) is 14.1 Å². The molecule has 0 saturated heterocycles. The first kappa shape index (κ1) is 22.0. The van der Waals surface area contributed by atoms with Gasteiger partial charge in [-0.3, -0.25) is 9.36 Å². The van der Waals surface area contributed by atoms with Gasteiger partial charge >= 0.3 is 0 Å². The Kier molecular flexibility index (Phi) is 6.00. The lowest BCUT2D eigenvalue weighted by Crippen LogP contribution is -2.06. The minimum Gasteiger partial charge on any atom is -0.489 e. The Labute approximate surface area is 186 Å². The van der Waals surface area contributed by atoms with Gasteiger partial charge in [0.15, 0.2) is 11.6 Å². The number of halogens is 2. The third-order valence-corrected chi connectivity index (χ3v) is 6.03. The normalized spacial score (nSPS) is 11.5. The molecular weight excluding hydrogens is 410 g/mol. The Morgan fingerprint density at radius 1 is 0.969 bits per heavy atom. The van der Waals surface area contributed by atoms with Crippen LogP contribution >= 0.6 is 0 Å². The molecule has 0 bridgehead atoms. The highest BCUT2D eigenvalue weighted by Gasteiger charge is 2.19. The van der Waals surface area contributed by atoms with Crippen molar-refractivity contribution >= 4 is 10.9 Å². The number of nitrogens with zero attached hydrogens (tertiary/aromatic N) is 4. The highest BCUT2D eigenvalue weighted by molar-refractivity contribution is 5.88. The number of benzene rings is 2. The summed E-state index contributed by atoms with van der Waals surface area (Å²) in [4.78, 5) is 0. The molecule has 4 rings (SSSR count). The molecule has 7 heteroatoms. The number of hydrogen-bond acceptors (Lipinski definition) is 3. The van der Waals surface area contributed by atoms with Gasteiger partial charge < -0.3 is 4.74 Å². The van der Waals surface area contributed by atoms with Crippen molar-refractivity contribution in [3.8, 4) is 16.9 Å². The van der Waals surface area contributed by atoms with Crippen LogP contribution in [0, 0.1) is 25.5 Å². The van der Waals surface area contributed by atoms with Crippen molar-refractivity contribution in [2.75, 3.05) is 6.61 Å². The first-order valence-electron chi connectivity index (χ1n) is 10.9. The van der Waals surface area contributed by atoms with Gasteiger partial charge in [0.1, 0.15) is 0 Å². The summed E-state index contributed by atoms with van der Waals surface area (Å²) in [6.07, 6.45) is 2.39. The topological polar surface area (TPSA) is 44.9 Å². The van der Waals surface area contributed by atoms with E-state index in [-0.39, 0.29) is 12.4 Å². The van der Waals surface area contributed by atoms with Crippen molar-refractivity contribution in [2.45, 2.75) is 40.0 Å². The molecule has 0 atom stereocenters. The Morgan fingerprint density at radius 3 is 2.44 bits per heavy atom.